The maximum absolute atomic E-state index is 12.2. The molecule has 0 spiro atoms. The number of nitrogens with one attached hydrogen (secondary N) is 2. The molecule has 0 atom stereocenters. The van der Waals surface area contributed by atoms with Crippen LogP contribution in [0.4, 0.5) is 11.4 Å². The van der Waals surface area contributed by atoms with Gasteiger partial charge in [0.15, 0.2) is 5.78 Å². The number of hydrogen-bond donors (Lipinski definition) is 2. The molecule has 0 aliphatic rings. The molecule has 2 aromatic rings. The molecule has 2 N–H and O–H groups in total. The summed E-state index contributed by atoms with van der Waals surface area (Å²) in [6.07, 6.45) is 0. The second-order valence-corrected chi connectivity index (χ2v) is 4.37. The molecule has 0 heterocycles. The molecule has 0 aliphatic heterocycles. The number of anilines is 2. The van der Waals surface area contributed by atoms with Crippen LogP contribution in [0.5, 0.6) is 0 Å². The van der Waals surface area contributed by atoms with Crippen molar-refractivity contribution < 1.29 is 4.79 Å². The average Bonchev–Trinajstić information content (AvgIpc) is 2.47. The number of benzene rings is 2. The van der Waals surface area contributed by atoms with Gasteiger partial charge in [0.1, 0.15) is 0 Å². The Morgan fingerprint density at radius 3 is 1.72 bits per heavy atom. The van der Waals surface area contributed by atoms with E-state index in [9.17, 15) is 4.79 Å². The van der Waals surface area contributed by atoms with Crippen molar-refractivity contribution in [2.45, 2.75) is 0 Å². The highest BCUT2D eigenvalue weighted by Gasteiger charge is 2.08. The van der Waals surface area contributed by atoms with E-state index in [1.165, 1.54) is 0 Å². The Hall–Kier alpha value is -1.56. The van der Waals surface area contributed by atoms with Crippen LogP contribution in [0.25, 0.3) is 0 Å². The summed E-state index contributed by atoms with van der Waals surface area (Å²) in [6, 6.07) is 14.9. The molecule has 0 saturated carbocycles. The Bertz CT molecular complexity index is 485. The summed E-state index contributed by atoms with van der Waals surface area (Å²) < 4.78 is 3.00. The lowest BCUT2D eigenvalue weighted by atomic mass is 10.0. The first kappa shape index (κ1) is 12.9. The Morgan fingerprint density at radius 2 is 1.33 bits per heavy atom. The summed E-state index contributed by atoms with van der Waals surface area (Å²) in [5.41, 5.74) is 3.38. The van der Waals surface area contributed by atoms with Crippen LogP contribution in [0.3, 0.4) is 0 Å². The van der Waals surface area contributed by atoms with Crippen LogP contribution in [0.2, 0.25) is 0 Å². The first-order chi connectivity index (χ1) is 8.74. The largest absolute Gasteiger partial charge is 0.388 e. The fourth-order valence-electron chi connectivity index (χ4n) is 1.64. The zero-order chi connectivity index (χ0) is 13.0. The molecule has 18 heavy (non-hydrogen) atoms. The van der Waals surface area contributed by atoms with Crippen LogP contribution in [0.1, 0.15) is 15.9 Å². The Morgan fingerprint density at radius 1 is 0.889 bits per heavy atom. The first-order valence-corrected chi connectivity index (χ1v) is 6.61. The lowest BCUT2D eigenvalue weighted by Crippen LogP contribution is -2.01. The zero-order valence-corrected chi connectivity index (χ0v) is 12.1. The van der Waals surface area contributed by atoms with Crippen molar-refractivity contribution in [1.82, 2.24) is 0 Å². The van der Waals surface area contributed by atoms with E-state index in [0.29, 0.717) is 11.1 Å². The van der Waals surface area contributed by atoms with E-state index in [4.69, 9.17) is 0 Å². The average molecular weight is 352 g/mol. The maximum atomic E-state index is 12.2. The smallest absolute Gasteiger partial charge is 0.193 e. The van der Waals surface area contributed by atoms with Gasteiger partial charge in [-0.2, -0.15) is 0 Å². The highest BCUT2D eigenvalue weighted by Crippen LogP contribution is 2.16. The minimum Gasteiger partial charge on any atom is -0.388 e. The van der Waals surface area contributed by atoms with Gasteiger partial charge in [-0.3, -0.25) is 4.79 Å². The van der Waals surface area contributed by atoms with Crippen molar-refractivity contribution >= 4 is 40.0 Å². The molecular weight excluding hydrogens is 339 g/mol. The first-order valence-electron chi connectivity index (χ1n) is 5.54. The Balaban J connectivity index is 2.23. The summed E-state index contributed by atoms with van der Waals surface area (Å²) in [5.74, 6) is 0.0395. The van der Waals surface area contributed by atoms with Crippen molar-refractivity contribution in [3.8, 4) is 0 Å². The van der Waals surface area contributed by atoms with E-state index in [0.717, 1.165) is 11.4 Å². The summed E-state index contributed by atoms with van der Waals surface area (Å²) >= 11 is 2.06. The third-order valence-corrected chi connectivity index (χ3v) is 3.31. The number of carbonyl (C=O) groups is 1. The van der Waals surface area contributed by atoms with Crippen LogP contribution >= 0.6 is 22.9 Å². The Kier molecular flexibility index (Phi) is 4.19. The molecule has 0 fully saturated rings. The summed E-state index contributed by atoms with van der Waals surface area (Å²) in [7, 11) is 1.85. The van der Waals surface area contributed by atoms with Crippen molar-refractivity contribution in [3.05, 3.63) is 59.7 Å². The monoisotopic (exact) mass is 352 g/mol. The van der Waals surface area contributed by atoms with Gasteiger partial charge >= 0.3 is 0 Å². The zero-order valence-electron chi connectivity index (χ0n) is 9.91. The highest BCUT2D eigenvalue weighted by atomic mass is 127. The van der Waals surface area contributed by atoms with Crippen molar-refractivity contribution in [2.75, 3.05) is 15.9 Å². The van der Waals surface area contributed by atoms with Gasteiger partial charge in [0.05, 0.1) is 22.9 Å². The third-order valence-electron chi connectivity index (χ3n) is 2.69. The molecule has 0 radical (unpaired) electrons. The quantitative estimate of drug-likeness (QED) is 0.501. The Labute approximate surface area is 120 Å². The van der Waals surface area contributed by atoms with E-state index in [2.05, 4.69) is 31.7 Å². The van der Waals surface area contributed by atoms with Gasteiger partial charge in [-0.05, 0) is 48.5 Å². The molecule has 0 aromatic heterocycles. The summed E-state index contributed by atoms with van der Waals surface area (Å²) in [6.45, 7) is 0. The molecule has 0 amide bonds. The minimum absolute atomic E-state index is 0.0395. The standard InChI is InChI=1S/C14H13IN2O/c1-16-12-6-2-10(3-7-12)14(18)11-4-8-13(17-15)9-5-11/h2-9,16-17H,1H3. The predicted molar refractivity (Wildman–Crippen MR) is 83.5 cm³/mol. The fraction of sp³-hybridized carbons (Fsp3) is 0.0714. The summed E-state index contributed by atoms with van der Waals surface area (Å²) in [4.78, 5) is 12.2. The van der Waals surface area contributed by atoms with Crippen LogP contribution < -0.4 is 8.85 Å². The highest BCUT2D eigenvalue weighted by molar-refractivity contribution is 14.1. The lowest BCUT2D eigenvalue weighted by Gasteiger charge is -2.04. The van der Waals surface area contributed by atoms with Gasteiger partial charge in [-0.25, -0.2) is 0 Å². The van der Waals surface area contributed by atoms with Gasteiger partial charge in [0, 0.05) is 29.5 Å². The molecule has 2 aromatic carbocycles. The number of ketones is 1. The normalized spacial score (nSPS) is 9.89. The van der Waals surface area contributed by atoms with Crippen LogP contribution in [0.15, 0.2) is 48.5 Å². The van der Waals surface area contributed by atoms with Gasteiger partial charge in [0.25, 0.3) is 0 Å². The fourth-order valence-corrected chi connectivity index (χ4v) is 2.00. The van der Waals surface area contributed by atoms with Crippen LogP contribution in [-0.2, 0) is 0 Å². The molecular formula is C14H13IN2O. The van der Waals surface area contributed by atoms with E-state index in [1.807, 2.05) is 55.6 Å². The number of hydrogen-bond acceptors (Lipinski definition) is 3. The van der Waals surface area contributed by atoms with Crippen molar-refractivity contribution in [3.63, 3.8) is 0 Å². The van der Waals surface area contributed by atoms with Crippen molar-refractivity contribution in [1.29, 1.82) is 0 Å². The molecule has 0 unspecified atom stereocenters. The van der Waals surface area contributed by atoms with Crippen molar-refractivity contribution in [2.24, 2.45) is 0 Å². The number of rotatable bonds is 4. The van der Waals surface area contributed by atoms with Crippen LogP contribution in [-0.4, -0.2) is 12.8 Å². The molecule has 2 rings (SSSR count). The van der Waals surface area contributed by atoms with E-state index in [-0.39, 0.29) is 5.78 Å². The van der Waals surface area contributed by atoms with Gasteiger partial charge in [0.2, 0.25) is 0 Å². The minimum atomic E-state index is 0.0395. The molecule has 4 heteroatoms. The van der Waals surface area contributed by atoms with E-state index < -0.39 is 0 Å². The third kappa shape index (κ3) is 2.81. The topological polar surface area (TPSA) is 41.1 Å². The number of halogens is 1. The number of carbonyl (C=O) groups excluding carboxylic acids is 1. The molecule has 0 bridgehead atoms. The summed E-state index contributed by atoms with van der Waals surface area (Å²) in [5, 5.41) is 3.03. The molecule has 0 aliphatic carbocycles. The van der Waals surface area contributed by atoms with E-state index >= 15 is 0 Å². The second-order valence-electron chi connectivity index (χ2n) is 3.83. The lowest BCUT2D eigenvalue weighted by molar-refractivity contribution is 0.103. The van der Waals surface area contributed by atoms with E-state index in [1.54, 1.807) is 0 Å². The van der Waals surface area contributed by atoms with Gasteiger partial charge in [-0.15, -0.1) is 0 Å². The second kappa shape index (κ2) is 5.86. The molecule has 92 valence electrons. The maximum Gasteiger partial charge on any atom is 0.193 e. The molecule has 0 saturated heterocycles. The predicted octanol–water partition coefficient (Wildman–Crippen LogP) is 3.72. The van der Waals surface area contributed by atoms with Crippen LogP contribution in [0, 0.1) is 0 Å². The van der Waals surface area contributed by atoms with Gasteiger partial charge < -0.3 is 8.85 Å². The molecule has 3 nitrogen and oxygen atoms in total. The van der Waals surface area contributed by atoms with Gasteiger partial charge in [-0.1, -0.05) is 0 Å². The SMILES string of the molecule is CNc1ccc(C(=O)c2ccc(NI)cc2)cc1.